The Hall–Kier alpha value is -0.550. The number of imidazole rings is 1. The number of hydrogen-bond acceptors (Lipinski definition) is 3. The van der Waals surface area contributed by atoms with Crippen molar-refractivity contribution in [3.63, 3.8) is 0 Å². The standard InChI is InChI=1S/C11H13Cl2N3S/c1-6(14)2-3-10-15-5-8(16-10)7-4-9(12)17-11(7)13/h4-6H,2-3,14H2,1H3,(H,15,16). The zero-order valence-electron chi connectivity index (χ0n) is 9.34. The molecule has 0 aliphatic carbocycles. The van der Waals surface area contributed by atoms with Crippen molar-refractivity contribution < 1.29 is 0 Å². The van der Waals surface area contributed by atoms with Crippen LogP contribution in [0.25, 0.3) is 11.3 Å². The molecule has 0 saturated heterocycles. The summed E-state index contributed by atoms with van der Waals surface area (Å²) in [6.45, 7) is 1.99. The average Bonchev–Trinajstić information content (AvgIpc) is 2.82. The van der Waals surface area contributed by atoms with Crippen LogP contribution in [0.2, 0.25) is 8.67 Å². The highest BCUT2D eigenvalue weighted by Crippen LogP contribution is 2.37. The fraction of sp³-hybridized carbons (Fsp3) is 0.364. The molecule has 2 aromatic rings. The molecule has 92 valence electrons. The number of halogens is 2. The Bertz CT molecular complexity index is 505. The predicted molar refractivity (Wildman–Crippen MR) is 73.9 cm³/mol. The molecule has 3 N–H and O–H groups in total. The number of thiophene rings is 1. The van der Waals surface area contributed by atoms with E-state index in [1.807, 2.05) is 13.0 Å². The number of hydrogen-bond donors (Lipinski definition) is 2. The Balaban J connectivity index is 2.15. The first-order valence-electron chi connectivity index (χ1n) is 5.31. The highest BCUT2D eigenvalue weighted by atomic mass is 35.5. The lowest BCUT2D eigenvalue weighted by Gasteiger charge is -2.01. The van der Waals surface area contributed by atoms with Crippen molar-refractivity contribution >= 4 is 34.5 Å². The number of nitrogens with one attached hydrogen (secondary N) is 1. The molecule has 0 radical (unpaired) electrons. The van der Waals surface area contributed by atoms with Gasteiger partial charge in [-0.15, -0.1) is 11.3 Å². The SMILES string of the molecule is CC(N)CCc1ncc(-c2cc(Cl)sc2Cl)[nH]1. The third kappa shape index (κ3) is 3.22. The normalized spacial score (nSPS) is 12.9. The molecule has 0 aromatic carbocycles. The number of aromatic amines is 1. The van der Waals surface area contributed by atoms with Gasteiger partial charge in [0.2, 0.25) is 0 Å². The maximum Gasteiger partial charge on any atom is 0.106 e. The highest BCUT2D eigenvalue weighted by Gasteiger charge is 2.11. The van der Waals surface area contributed by atoms with Crippen LogP contribution in [0.15, 0.2) is 12.3 Å². The molecule has 2 heterocycles. The monoisotopic (exact) mass is 289 g/mol. The first-order chi connectivity index (χ1) is 8.06. The summed E-state index contributed by atoms with van der Waals surface area (Å²) < 4.78 is 1.36. The number of nitrogens with zero attached hydrogens (tertiary/aromatic N) is 1. The summed E-state index contributed by atoms with van der Waals surface area (Å²) in [5, 5.41) is 0. The van der Waals surface area contributed by atoms with Gasteiger partial charge < -0.3 is 10.7 Å². The van der Waals surface area contributed by atoms with E-state index in [2.05, 4.69) is 9.97 Å². The molecule has 17 heavy (non-hydrogen) atoms. The molecule has 0 spiro atoms. The van der Waals surface area contributed by atoms with Crippen molar-refractivity contribution in [3.8, 4) is 11.3 Å². The molecular weight excluding hydrogens is 277 g/mol. The van der Waals surface area contributed by atoms with E-state index in [9.17, 15) is 0 Å². The van der Waals surface area contributed by atoms with Gasteiger partial charge in [0.15, 0.2) is 0 Å². The topological polar surface area (TPSA) is 54.7 Å². The van der Waals surface area contributed by atoms with Crippen LogP contribution in [-0.2, 0) is 6.42 Å². The van der Waals surface area contributed by atoms with E-state index in [-0.39, 0.29) is 6.04 Å². The fourth-order valence-electron chi connectivity index (χ4n) is 1.51. The van der Waals surface area contributed by atoms with Gasteiger partial charge in [0.05, 0.1) is 16.2 Å². The molecule has 0 saturated carbocycles. The molecule has 1 atom stereocenters. The van der Waals surface area contributed by atoms with Gasteiger partial charge >= 0.3 is 0 Å². The average molecular weight is 290 g/mol. The van der Waals surface area contributed by atoms with Crippen molar-refractivity contribution in [2.24, 2.45) is 5.73 Å². The lowest BCUT2D eigenvalue weighted by molar-refractivity contribution is 0.652. The first-order valence-corrected chi connectivity index (χ1v) is 6.88. The van der Waals surface area contributed by atoms with E-state index in [0.29, 0.717) is 8.67 Å². The van der Waals surface area contributed by atoms with Crippen LogP contribution in [0.1, 0.15) is 19.2 Å². The highest BCUT2D eigenvalue weighted by molar-refractivity contribution is 7.20. The molecule has 0 aliphatic rings. The molecule has 6 heteroatoms. The number of nitrogens with two attached hydrogens (primary N) is 1. The zero-order chi connectivity index (χ0) is 12.4. The maximum absolute atomic E-state index is 6.08. The van der Waals surface area contributed by atoms with Crippen molar-refractivity contribution in [1.29, 1.82) is 0 Å². The molecule has 2 aromatic heterocycles. The first kappa shape index (κ1) is 12.9. The summed E-state index contributed by atoms with van der Waals surface area (Å²) in [5.41, 5.74) is 7.51. The van der Waals surface area contributed by atoms with Crippen LogP contribution in [0.3, 0.4) is 0 Å². The van der Waals surface area contributed by atoms with Crippen LogP contribution >= 0.6 is 34.5 Å². The van der Waals surface area contributed by atoms with Crippen molar-refractivity contribution in [1.82, 2.24) is 9.97 Å². The van der Waals surface area contributed by atoms with Gasteiger partial charge in [0, 0.05) is 18.0 Å². The van der Waals surface area contributed by atoms with Crippen LogP contribution in [0, 0.1) is 0 Å². The largest absolute Gasteiger partial charge is 0.342 e. The third-order valence-electron chi connectivity index (χ3n) is 2.41. The minimum absolute atomic E-state index is 0.183. The van der Waals surface area contributed by atoms with Crippen molar-refractivity contribution in [2.45, 2.75) is 25.8 Å². The molecule has 3 nitrogen and oxygen atoms in total. The van der Waals surface area contributed by atoms with E-state index < -0.39 is 0 Å². The molecule has 2 rings (SSSR count). The molecular formula is C11H13Cl2N3S. The summed E-state index contributed by atoms with van der Waals surface area (Å²) in [5.74, 6) is 0.927. The van der Waals surface area contributed by atoms with Gasteiger partial charge in [-0.25, -0.2) is 4.98 Å². The number of rotatable bonds is 4. The quantitative estimate of drug-likeness (QED) is 0.901. The van der Waals surface area contributed by atoms with E-state index in [4.69, 9.17) is 28.9 Å². The minimum atomic E-state index is 0.183. The van der Waals surface area contributed by atoms with Gasteiger partial charge in [-0.1, -0.05) is 23.2 Å². The maximum atomic E-state index is 6.08. The Morgan fingerprint density at radius 1 is 1.53 bits per heavy atom. The van der Waals surface area contributed by atoms with Gasteiger partial charge in [0.1, 0.15) is 10.2 Å². The number of aromatic nitrogens is 2. The van der Waals surface area contributed by atoms with Crippen LogP contribution < -0.4 is 5.73 Å². The lowest BCUT2D eigenvalue weighted by atomic mass is 10.2. The second-order valence-electron chi connectivity index (χ2n) is 4.00. The number of H-pyrrole nitrogens is 1. The Labute approximate surface area is 114 Å². The Morgan fingerprint density at radius 2 is 2.29 bits per heavy atom. The minimum Gasteiger partial charge on any atom is -0.342 e. The van der Waals surface area contributed by atoms with Gasteiger partial charge in [-0.05, 0) is 19.4 Å². The van der Waals surface area contributed by atoms with E-state index >= 15 is 0 Å². The van der Waals surface area contributed by atoms with Crippen LogP contribution in [0.4, 0.5) is 0 Å². The molecule has 0 fully saturated rings. The van der Waals surface area contributed by atoms with Gasteiger partial charge in [-0.2, -0.15) is 0 Å². The summed E-state index contributed by atoms with van der Waals surface area (Å²) in [6.07, 6.45) is 3.53. The second kappa shape index (κ2) is 5.40. The van der Waals surface area contributed by atoms with E-state index in [1.165, 1.54) is 11.3 Å². The lowest BCUT2D eigenvalue weighted by Crippen LogP contribution is -2.15. The molecule has 0 bridgehead atoms. The summed E-state index contributed by atoms with van der Waals surface area (Å²) in [6, 6.07) is 2.03. The van der Waals surface area contributed by atoms with E-state index in [0.717, 1.165) is 29.9 Å². The summed E-state index contributed by atoms with van der Waals surface area (Å²) in [7, 11) is 0. The molecule has 0 amide bonds. The molecule has 1 unspecified atom stereocenters. The van der Waals surface area contributed by atoms with Crippen molar-refractivity contribution in [3.05, 3.63) is 26.8 Å². The zero-order valence-corrected chi connectivity index (χ0v) is 11.7. The van der Waals surface area contributed by atoms with Crippen LogP contribution in [-0.4, -0.2) is 16.0 Å². The third-order valence-corrected chi connectivity index (χ3v) is 3.90. The molecule has 0 aliphatic heterocycles. The fourth-order valence-corrected chi connectivity index (χ4v) is 3.01. The Morgan fingerprint density at radius 3 is 2.88 bits per heavy atom. The smallest absolute Gasteiger partial charge is 0.106 e. The second-order valence-corrected chi connectivity index (χ2v) is 6.28. The van der Waals surface area contributed by atoms with Crippen molar-refractivity contribution in [2.75, 3.05) is 0 Å². The summed E-state index contributed by atoms with van der Waals surface area (Å²) in [4.78, 5) is 7.54. The summed E-state index contributed by atoms with van der Waals surface area (Å²) >= 11 is 13.3. The van der Waals surface area contributed by atoms with Gasteiger partial charge in [-0.3, -0.25) is 0 Å². The van der Waals surface area contributed by atoms with Gasteiger partial charge in [0.25, 0.3) is 0 Å². The number of aryl methyl sites for hydroxylation is 1. The van der Waals surface area contributed by atoms with E-state index in [1.54, 1.807) is 6.20 Å². The Kier molecular flexibility index (Phi) is 4.09. The predicted octanol–water partition coefficient (Wildman–Crippen LogP) is 3.72. The van der Waals surface area contributed by atoms with Crippen LogP contribution in [0.5, 0.6) is 0 Å².